The van der Waals surface area contributed by atoms with Crippen molar-refractivity contribution in [3.63, 3.8) is 0 Å². The zero-order valence-electron chi connectivity index (χ0n) is 10.9. The average Bonchev–Trinajstić information content (AvgIpc) is 2.84. The highest BCUT2D eigenvalue weighted by atomic mass is 16.5. The van der Waals surface area contributed by atoms with Crippen LogP contribution in [0.1, 0.15) is 23.8 Å². The molecule has 1 amide bonds. The number of H-pyrrole nitrogens is 1. The van der Waals surface area contributed by atoms with E-state index in [-0.39, 0.29) is 18.5 Å². The number of hydrogen-bond donors (Lipinski definition) is 2. The molecule has 1 aliphatic heterocycles. The topological polar surface area (TPSA) is 85.9 Å². The molecule has 0 aromatic carbocycles. The van der Waals surface area contributed by atoms with E-state index in [9.17, 15) is 14.7 Å². The minimum Gasteiger partial charge on any atom is -0.466 e. The molecule has 0 saturated heterocycles. The van der Waals surface area contributed by atoms with Gasteiger partial charge in [0.1, 0.15) is 5.69 Å². The molecule has 0 bridgehead atoms. The second-order valence-corrected chi connectivity index (χ2v) is 4.39. The van der Waals surface area contributed by atoms with E-state index < -0.39 is 6.35 Å². The first kappa shape index (κ1) is 13.4. The molecule has 19 heavy (non-hydrogen) atoms. The fourth-order valence-electron chi connectivity index (χ4n) is 2.08. The van der Waals surface area contributed by atoms with Gasteiger partial charge in [0.25, 0.3) is 5.91 Å². The van der Waals surface area contributed by atoms with E-state index in [1.165, 1.54) is 11.8 Å². The number of carbonyl (C=O) groups excluding carboxylic acids is 2. The predicted octanol–water partition coefficient (Wildman–Crippen LogP) is 0.136. The third-order valence-corrected chi connectivity index (χ3v) is 3.05. The Morgan fingerprint density at radius 2 is 2.32 bits per heavy atom. The summed E-state index contributed by atoms with van der Waals surface area (Å²) in [6, 6.07) is 1.74. The maximum Gasteiger partial charge on any atom is 0.302 e. The predicted molar refractivity (Wildman–Crippen MR) is 67.5 cm³/mol. The minimum absolute atomic E-state index is 0.229. The van der Waals surface area contributed by atoms with E-state index in [4.69, 9.17) is 4.74 Å². The van der Waals surface area contributed by atoms with Gasteiger partial charge < -0.3 is 19.7 Å². The van der Waals surface area contributed by atoms with Crippen molar-refractivity contribution in [3.05, 3.63) is 18.0 Å². The molecular formula is C12H17N3O4. The molecule has 0 saturated carbocycles. The van der Waals surface area contributed by atoms with Crippen LogP contribution >= 0.6 is 0 Å². The highest BCUT2D eigenvalue weighted by Gasteiger charge is 2.35. The van der Waals surface area contributed by atoms with Gasteiger partial charge in [-0.25, -0.2) is 0 Å². The normalized spacial score (nSPS) is 18.5. The van der Waals surface area contributed by atoms with Gasteiger partial charge in [0.2, 0.25) is 6.35 Å². The number of fused-ring (bicyclic) bond motifs is 1. The maximum absolute atomic E-state index is 12.2. The number of aromatic nitrogens is 1. The number of anilines is 1. The number of aliphatic hydroxyl groups excluding tert-OH is 1. The van der Waals surface area contributed by atoms with Crippen LogP contribution in [0.15, 0.2) is 12.3 Å². The van der Waals surface area contributed by atoms with Crippen molar-refractivity contribution < 1.29 is 19.4 Å². The second kappa shape index (κ2) is 5.31. The Bertz CT molecular complexity index is 485. The lowest BCUT2D eigenvalue weighted by Gasteiger charge is -2.39. The minimum atomic E-state index is -1.01. The van der Waals surface area contributed by atoms with Gasteiger partial charge in [-0.05, 0) is 12.5 Å². The molecule has 1 aliphatic rings. The van der Waals surface area contributed by atoms with E-state index in [1.807, 2.05) is 0 Å². The van der Waals surface area contributed by atoms with Gasteiger partial charge in [-0.2, -0.15) is 0 Å². The molecule has 0 spiro atoms. The molecule has 2 N–H and O–H groups in total. The van der Waals surface area contributed by atoms with Crippen molar-refractivity contribution in [1.29, 1.82) is 0 Å². The Hall–Kier alpha value is -2.02. The zero-order chi connectivity index (χ0) is 14.0. The van der Waals surface area contributed by atoms with Crippen molar-refractivity contribution in [3.8, 4) is 0 Å². The highest BCUT2D eigenvalue weighted by molar-refractivity contribution is 6.00. The molecule has 1 unspecified atom stereocenters. The lowest BCUT2D eigenvalue weighted by Crippen LogP contribution is -2.54. The summed E-state index contributed by atoms with van der Waals surface area (Å²) in [7, 11) is 1.71. The third-order valence-electron chi connectivity index (χ3n) is 3.05. The lowest BCUT2D eigenvalue weighted by molar-refractivity contribution is -0.141. The van der Waals surface area contributed by atoms with Gasteiger partial charge in [-0.1, -0.05) is 0 Å². The van der Waals surface area contributed by atoms with Crippen LogP contribution in [0.2, 0.25) is 0 Å². The third kappa shape index (κ3) is 2.55. The Kier molecular flexibility index (Phi) is 3.75. The summed E-state index contributed by atoms with van der Waals surface area (Å²) >= 11 is 0. The van der Waals surface area contributed by atoms with Crippen molar-refractivity contribution >= 4 is 17.6 Å². The number of nitrogens with one attached hydrogen (secondary N) is 1. The smallest absolute Gasteiger partial charge is 0.302 e. The van der Waals surface area contributed by atoms with Gasteiger partial charge in [0.05, 0.1) is 12.3 Å². The number of esters is 1. The Labute approximate surface area is 110 Å². The van der Waals surface area contributed by atoms with E-state index >= 15 is 0 Å². The van der Waals surface area contributed by atoms with E-state index in [0.29, 0.717) is 24.3 Å². The summed E-state index contributed by atoms with van der Waals surface area (Å²) in [5.74, 6) is -0.609. The first-order valence-corrected chi connectivity index (χ1v) is 6.05. The average molecular weight is 267 g/mol. The number of hydrogen-bond acceptors (Lipinski definition) is 5. The highest BCUT2D eigenvalue weighted by Crippen LogP contribution is 2.27. The van der Waals surface area contributed by atoms with Crippen LogP contribution in [0.3, 0.4) is 0 Å². The fraction of sp³-hybridized carbons (Fsp3) is 0.500. The molecule has 0 fully saturated rings. The van der Waals surface area contributed by atoms with Crippen molar-refractivity contribution in [2.45, 2.75) is 19.7 Å². The summed E-state index contributed by atoms with van der Waals surface area (Å²) in [5.41, 5.74) is 1.13. The number of ether oxygens (including phenoxy) is 1. The molecule has 1 aromatic heterocycles. The number of nitrogens with zero attached hydrogens (tertiary/aromatic N) is 2. The first-order chi connectivity index (χ1) is 9.02. The number of carbonyl (C=O) groups is 2. The molecular weight excluding hydrogens is 250 g/mol. The SMILES string of the molecule is CC(=O)OCCCN1C(=O)c2[nH]ccc2N(C)C1O. The van der Waals surface area contributed by atoms with Crippen LogP contribution in [0.25, 0.3) is 0 Å². The van der Waals surface area contributed by atoms with E-state index in [1.54, 1.807) is 24.2 Å². The Morgan fingerprint density at radius 1 is 1.58 bits per heavy atom. The van der Waals surface area contributed by atoms with E-state index in [0.717, 1.165) is 0 Å². The van der Waals surface area contributed by atoms with Gasteiger partial charge in [-0.3, -0.25) is 14.5 Å². The second-order valence-electron chi connectivity index (χ2n) is 4.39. The zero-order valence-corrected chi connectivity index (χ0v) is 10.9. The van der Waals surface area contributed by atoms with Crippen LogP contribution in [0.4, 0.5) is 5.69 Å². The van der Waals surface area contributed by atoms with Crippen LogP contribution in [-0.2, 0) is 9.53 Å². The Morgan fingerprint density at radius 3 is 3.00 bits per heavy atom. The maximum atomic E-state index is 12.2. The quantitative estimate of drug-likeness (QED) is 0.598. The standard InChI is InChI=1S/C12H17N3O4/c1-8(16)19-7-3-6-15-11(17)10-9(4-5-13-10)14(2)12(15)18/h4-5,12-13,18H,3,6-7H2,1-2H3. The monoisotopic (exact) mass is 267 g/mol. The molecule has 2 rings (SSSR count). The van der Waals surface area contributed by atoms with Crippen molar-refractivity contribution in [2.75, 3.05) is 25.1 Å². The molecule has 1 aromatic rings. The molecule has 7 nitrogen and oxygen atoms in total. The molecule has 104 valence electrons. The number of rotatable bonds is 4. The van der Waals surface area contributed by atoms with Gasteiger partial charge in [0.15, 0.2) is 0 Å². The molecule has 1 atom stereocenters. The molecule has 0 aliphatic carbocycles. The number of aromatic amines is 1. The summed E-state index contributed by atoms with van der Waals surface area (Å²) < 4.78 is 4.80. The lowest BCUT2D eigenvalue weighted by atomic mass is 10.2. The number of aliphatic hydroxyl groups is 1. The Balaban J connectivity index is 2.01. The van der Waals surface area contributed by atoms with Crippen LogP contribution in [-0.4, -0.2) is 53.4 Å². The molecule has 2 heterocycles. The molecule has 0 radical (unpaired) electrons. The largest absolute Gasteiger partial charge is 0.466 e. The van der Waals surface area contributed by atoms with Gasteiger partial charge in [-0.15, -0.1) is 0 Å². The summed E-state index contributed by atoms with van der Waals surface area (Å²) in [5, 5.41) is 10.1. The number of amides is 1. The van der Waals surface area contributed by atoms with Crippen LogP contribution in [0.5, 0.6) is 0 Å². The van der Waals surface area contributed by atoms with Crippen molar-refractivity contribution in [2.24, 2.45) is 0 Å². The fourth-order valence-corrected chi connectivity index (χ4v) is 2.08. The van der Waals surface area contributed by atoms with Crippen LogP contribution in [0, 0.1) is 0 Å². The molecule has 7 heteroatoms. The van der Waals surface area contributed by atoms with E-state index in [2.05, 4.69) is 4.98 Å². The van der Waals surface area contributed by atoms with Crippen molar-refractivity contribution in [1.82, 2.24) is 9.88 Å². The summed E-state index contributed by atoms with van der Waals surface area (Å²) in [6.45, 7) is 1.88. The van der Waals surface area contributed by atoms with Crippen LogP contribution < -0.4 is 4.90 Å². The van der Waals surface area contributed by atoms with Gasteiger partial charge >= 0.3 is 5.97 Å². The summed E-state index contributed by atoms with van der Waals surface area (Å²) in [6.07, 6.45) is 1.13. The summed E-state index contributed by atoms with van der Waals surface area (Å²) in [4.78, 5) is 28.6. The first-order valence-electron chi connectivity index (χ1n) is 6.05. The van der Waals surface area contributed by atoms with Gasteiger partial charge in [0, 0.05) is 26.7 Å².